The van der Waals surface area contributed by atoms with Gasteiger partial charge >= 0.3 is 0 Å². The molecule has 0 atom stereocenters. The number of hydrogen-bond donors (Lipinski definition) is 0. The second-order valence-electron chi connectivity index (χ2n) is 2.07. The SMILES string of the molecule is C=CC/C(C)=C(/C)C=O. The summed E-state index contributed by atoms with van der Waals surface area (Å²) >= 11 is 0. The van der Waals surface area contributed by atoms with Crippen molar-refractivity contribution in [2.24, 2.45) is 0 Å². The van der Waals surface area contributed by atoms with Crippen LogP contribution in [-0.4, -0.2) is 6.29 Å². The van der Waals surface area contributed by atoms with Crippen LogP contribution in [0.4, 0.5) is 0 Å². The Hall–Kier alpha value is -0.850. The van der Waals surface area contributed by atoms with Gasteiger partial charge in [0.1, 0.15) is 6.29 Å². The molecule has 0 bridgehead atoms. The van der Waals surface area contributed by atoms with Gasteiger partial charge in [-0.15, -0.1) is 6.58 Å². The van der Waals surface area contributed by atoms with Crippen molar-refractivity contribution in [3.63, 3.8) is 0 Å². The van der Waals surface area contributed by atoms with Gasteiger partial charge in [-0.05, 0) is 25.8 Å². The van der Waals surface area contributed by atoms with E-state index in [0.29, 0.717) is 0 Å². The molecule has 1 nitrogen and oxygen atoms in total. The smallest absolute Gasteiger partial charge is 0.145 e. The summed E-state index contributed by atoms with van der Waals surface area (Å²) in [5.74, 6) is 0. The summed E-state index contributed by atoms with van der Waals surface area (Å²) in [6.45, 7) is 7.31. The van der Waals surface area contributed by atoms with Gasteiger partial charge in [0.25, 0.3) is 0 Å². The second kappa shape index (κ2) is 4.07. The van der Waals surface area contributed by atoms with E-state index in [1.807, 2.05) is 13.8 Å². The fraction of sp³-hybridized carbons (Fsp3) is 0.375. The van der Waals surface area contributed by atoms with Gasteiger partial charge in [-0.1, -0.05) is 11.6 Å². The first-order valence-corrected chi connectivity index (χ1v) is 2.94. The number of aldehydes is 1. The third-order valence-electron chi connectivity index (χ3n) is 1.30. The maximum Gasteiger partial charge on any atom is 0.145 e. The topological polar surface area (TPSA) is 17.1 Å². The Labute approximate surface area is 56.1 Å². The van der Waals surface area contributed by atoms with Crippen LogP contribution in [0.3, 0.4) is 0 Å². The molecule has 0 aliphatic heterocycles. The highest BCUT2D eigenvalue weighted by Crippen LogP contribution is 2.04. The Bertz CT molecular complexity index is 143. The molecule has 0 aliphatic rings. The van der Waals surface area contributed by atoms with E-state index in [2.05, 4.69) is 6.58 Å². The number of allylic oxidation sites excluding steroid dienone is 3. The molecule has 9 heavy (non-hydrogen) atoms. The minimum atomic E-state index is 0.810. The molecule has 0 saturated heterocycles. The average molecular weight is 124 g/mol. The highest BCUT2D eigenvalue weighted by atomic mass is 16.1. The fourth-order valence-corrected chi connectivity index (χ4v) is 0.478. The number of carbonyl (C=O) groups is 1. The van der Waals surface area contributed by atoms with Crippen LogP contribution in [0.25, 0.3) is 0 Å². The summed E-state index contributed by atoms with van der Waals surface area (Å²) in [5.41, 5.74) is 1.91. The van der Waals surface area contributed by atoms with Crippen LogP contribution < -0.4 is 0 Å². The minimum Gasteiger partial charge on any atom is -0.298 e. The molecular weight excluding hydrogens is 112 g/mol. The van der Waals surface area contributed by atoms with E-state index in [1.54, 1.807) is 6.08 Å². The van der Waals surface area contributed by atoms with Crippen molar-refractivity contribution in [1.29, 1.82) is 0 Å². The molecule has 0 amide bonds. The molecule has 0 N–H and O–H groups in total. The molecule has 0 spiro atoms. The lowest BCUT2D eigenvalue weighted by molar-refractivity contribution is -0.104. The van der Waals surface area contributed by atoms with Crippen molar-refractivity contribution in [2.75, 3.05) is 0 Å². The molecule has 0 fully saturated rings. The van der Waals surface area contributed by atoms with E-state index in [0.717, 1.165) is 23.9 Å². The molecule has 0 unspecified atom stereocenters. The highest BCUT2D eigenvalue weighted by Gasteiger charge is 1.90. The van der Waals surface area contributed by atoms with Gasteiger partial charge in [0, 0.05) is 0 Å². The molecule has 0 heterocycles. The molecule has 0 aromatic rings. The van der Waals surface area contributed by atoms with E-state index in [9.17, 15) is 4.79 Å². The fourth-order valence-electron chi connectivity index (χ4n) is 0.478. The predicted molar refractivity (Wildman–Crippen MR) is 39.3 cm³/mol. The third kappa shape index (κ3) is 2.85. The highest BCUT2D eigenvalue weighted by molar-refractivity contribution is 5.73. The van der Waals surface area contributed by atoms with Crippen LogP contribution in [0.1, 0.15) is 20.3 Å². The van der Waals surface area contributed by atoms with Crippen LogP contribution in [0.5, 0.6) is 0 Å². The Kier molecular flexibility index (Phi) is 3.69. The summed E-state index contributed by atoms with van der Waals surface area (Å²) in [6, 6.07) is 0. The predicted octanol–water partition coefficient (Wildman–Crippen LogP) is 2.10. The summed E-state index contributed by atoms with van der Waals surface area (Å²) in [5, 5.41) is 0. The summed E-state index contributed by atoms with van der Waals surface area (Å²) in [7, 11) is 0. The Balaban J connectivity index is 4.08. The van der Waals surface area contributed by atoms with E-state index in [-0.39, 0.29) is 0 Å². The van der Waals surface area contributed by atoms with Gasteiger partial charge in [0.05, 0.1) is 0 Å². The van der Waals surface area contributed by atoms with Crippen molar-refractivity contribution >= 4 is 6.29 Å². The van der Waals surface area contributed by atoms with Gasteiger partial charge < -0.3 is 0 Å². The molecule has 0 radical (unpaired) electrons. The first-order valence-electron chi connectivity index (χ1n) is 2.94. The lowest BCUT2D eigenvalue weighted by Gasteiger charge is -1.94. The molecule has 0 aromatic carbocycles. The minimum absolute atomic E-state index is 0.810. The lowest BCUT2D eigenvalue weighted by atomic mass is 10.1. The van der Waals surface area contributed by atoms with E-state index in [4.69, 9.17) is 0 Å². The van der Waals surface area contributed by atoms with E-state index < -0.39 is 0 Å². The molecule has 50 valence electrons. The number of hydrogen-bond acceptors (Lipinski definition) is 1. The normalized spacial score (nSPS) is 12.2. The van der Waals surface area contributed by atoms with Crippen LogP contribution in [0.15, 0.2) is 23.8 Å². The van der Waals surface area contributed by atoms with Crippen molar-refractivity contribution in [3.8, 4) is 0 Å². The monoisotopic (exact) mass is 124 g/mol. The maximum absolute atomic E-state index is 10.1. The molecule has 1 heteroatoms. The lowest BCUT2D eigenvalue weighted by Crippen LogP contribution is -1.82. The quantitative estimate of drug-likeness (QED) is 0.320. The van der Waals surface area contributed by atoms with Crippen molar-refractivity contribution in [3.05, 3.63) is 23.8 Å². The largest absolute Gasteiger partial charge is 0.298 e. The Morgan fingerprint density at radius 2 is 2.11 bits per heavy atom. The maximum atomic E-state index is 10.1. The van der Waals surface area contributed by atoms with Gasteiger partial charge in [-0.3, -0.25) is 4.79 Å². The first-order chi connectivity index (χ1) is 4.22. The van der Waals surface area contributed by atoms with Gasteiger partial charge in [-0.2, -0.15) is 0 Å². The zero-order valence-corrected chi connectivity index (χ0v) is 5.98. The van der Waals surface area contributed by atoms with E-state index in [1.165, 1.54) is 0 Å². The third-order valence-corrected chi connectivity index (χ3v) is 1.30. The molecule has 0 aliphatic carbocycles. The zero-order chi connectivity index (χ0) is 7.28. The van der Waals surface area contributed by atoms with Crippen molar-refractivity contribution in [1.82, 2.24) is 0 Å². The standard InChI is InChI=1S/C8H12O/c1-4-5-7(2)8(3)6-9/h4,6H,1,5H2,2-3H3/b8-7-. The Morgan fingerprint density at radius 3 is 2.44 bits per heavy atom. The summed E-state index contributed by atoms with van der Waals surface area (Å²) < 4.78 is 0. The average Bonchev–Trinajstić information content (AvgIpc) is 1.87. The van der Waals surface area contributed by atoms with Crippen LogP contribution in [0.2, 0.25) is 0 Å². The second-order valence-corrected chi connectivity index (χ2v) is 2.07. The number of carbonyl (C=O) groups excluding carboxylic acids is 1. The molecular formula is C8H12O. The van der Waals surface area contributed by atoms with Gasteiger partial charge in [-0.25, -0.2) is 0 Å². The van der Waals surface area contributed by atoms with Crippen LogP contribution >= 0.6 is 0 Å². The molecule has 0 saturated carbocycles. The van der Waals surface area contributed by atoms with Crippen molar-refractivity contribution in [2.45, 2.75) is 20.3 Å². The Morgan fingerprint density at radius 1 is 1.56 bits per heavy atom. The van der Waals surface area contributed by atoms with Gasteiger partial charge in [0.2, 0.25) is 0 Å². The molecule has 0 rings (SSSR count). The van der Waals surface area contributed by atoms with Crippen LogP contribution in [0, 0.1) is 0 Å². The van der Waals surface area contributed by atoms with Crippen LogP contribution in [-0.2, 0) is 4.79 Å². The number of rotatable bonds is 3. The zero-order valence-electron chi connectivity index (χ0n) is 5.98. The first kappa shape index (κ1) is 8.15. The van der Waals surface area contributed by atoms with Crippen molar-refractivity contribution < 1.29 is 4.79 Å². The van der Waals surface area contributed by atoms with Gasteiger partial charge in [0.15, 0.2) is 0 Å². The summed E-state index contributed by atoms with van der Waals surface area (Å²) in [6.07, 6.45) is 3.48. The van der Waals surface area contributed by atoms with E-state index >= 15 is 0 Å². The summed E-state index contributed by atoms with van der Waals surface area (Å²) in [4.78, 5) is 10.1. The molecule has 0 aromatic heterocycles.